The van der Waals surface area contributed by atoms with E-state index in [2.05, 4.69) is 0 Å². The minimum Gasteiger partial charge on any atom is -0.481 e. The van der Waals surface area contributed by atoms with Crippen molar-refractivity contribution in [1.82, 2.24) is 4.57 Å². The summed E-state index contributed by atoms with van der Waals surface area (Å²) in [6.45, 7) is 0. The van der Waals surface area contributed by atoms with Crippen LogP contribution in [0, 0.1) is 0 Å². The fourth-order valence-electron chi connectivity index (χ4n) is 2.79. The first-order valence-corrected chi connectivity index (χ1v) is 6.90. The molecule has 3 aromatic rings. The van der Waals surface area contributed by atoms with Gasteiger partial charge in [0.15, 0.2) is 0 Å². The van der Waals surface area contributed by atoms with Gasteiger partial charge < -0.3 is 21.1 Å². The highest BCUT2D eigenvalue weighted by atomic mass is 16.4. The number of anilines is 2. The first-order chi connectivity index (χ1) is 10.4. The number of rotatable bonds is 3. The number of hydrogen-bond acceptors (Lipinski definition) is 3. The van der Waals surface area contributed by atoms with Crippen molar-refractivity contribution >= 4 is 28.2 Å². The van der Waals surface area contributed by atoms with Crippen LogP contribution in [-0.4, -0.2) is 15.6 Å². The van der Waals surface area contributed by atoms with Crippen LogP contribution < -0.4 is 11.5 Å². The quantitative estimate of drug-likeness (QED) is 0.647. The molecule has 0 radical (unpaired) electrons. The molecule has 0 aliphatic rings. The molecule has 0 spiro atoms. The first kappa shape index (κ1) is 14.0. The number of benzene rings is 2. The number of nitrogen functional groups attached to an aromatic ring is 2. The first-order valence-electron chi connectivity index (χ1n) is 6.90. The molecular formula is C17H17N3O2. The Kier molecular flexibility index (Phi) is 3.25. The highest BCUT2D eigenvalue weighted by Crippen LogP contribution is 2.30. The molecule has 0 bridgehead atoms. The van der Waals surface area contributed by atoms with Crippen LogP contribution in [0.5, 0.6) is 0 Å². The van der Waals surface area contributed by atoms with Gasteiger partial charge >= 0.3 is 5.97 Å². The van der Waals surface area contributed by atoms with Gasteiger partial charge in [-0.3, -0.25) is 4.79 Å². The van der Waals surface area contributed by atoms with Crippen molar-refractivity contribution in [2.24, 2.45) is 7.05 Å². The summed E-state index contributed by atoms with van der Waals surface area (Å²) in [5.41, 5.74) is 16.7. The Labute approximate surface area is 127 Å². The lowest BCUT2D eigenvalue weighted by molar-refractivity contribution is -0.136. The number of aliphatic carboxylic acids is 1. The van der Waals surface area contributed by atoms with Crippen LogP contribution in [0.3, 0.4) is 0 Å². The molecule has 3 rings (SSSR count). The van der Waals surface area contributed by atoms with Crippen LogP contribution in [-0.2, 0) is 18.3 Å². The highest BCUT2D eigenvalue weighted by molar-refractivity contribution is 5.91. The van der Waals surface area contributed by atoms with E-state index in [9.17, 15) is 4.79 Å². The van der Waals surface area contributed by atoms with Gasteiger partial charge in [-0.15, -0.1) is 0 Å². The molecule has 0 atom stereocenters. The van der Waals surface area contributed by atoms with Crippen LogP contribution in [0.1, 0.15) is 5.56 Å². The van der Waals surface area contributed by atoms with Gasteiger partial charge in [-0.05, 0) is 41.0 Å². The van der Waals surface area contributed by atoms with Crippen molar-refractivity contribution < 1.29 is 9.90 Å². The molecule has 1 aromatic heterocycles. The smallest absolute Gasteiger partial charge is 0.307 e. The number of aryl methyl sites for hydroxylation is 1. The molecular weight excluding hydrogens is 278 g/mol. The number of fused-ring (bicyclic) bond motifs is 1. The summed E-state index contributed by atoms with van der Waals surface area (Å²) in [4.78, 5) is 10.9. The predicted octanol–water partition coefficient (Wildman–Crippen LogP) is 2.64. The maximum Gasteiger partial charge on any atom is 0.307 e. The molecule has 0 aliphatic heterocycles. The van der Waals surface area contributed by atoms with Crippen LogP contribution in [0.4, 0.5) is 11.4 Å². The maximum absolute atomic E-state index is 10.9. The molecule has 5 nitrogen and oxygen atoms in total. The molecule has 0 aliphatic carbocycles. The zero-order chi connectivity index (χ0) is 15.9. The van der Waals surface area contributed by atoms with E-state index >= 15 is 0 Å². The van der Waals surface area contributed by atoms with Gasteiger partial charge in [0.25, 0.3) is 0 Å². The lowest BCUT2D eigenvalue weighted by atomic mass is 10.0. The third kappa shape index (κ3) is 2.48. The average Bonchev–Trinajstić information content (AvgIpc) is 2.73. The Morgan fingerprint density at radius 3 is 2.41 bits per heavy atom. The SMILES string of the molecule is Cn1cc(CC(=O)O)c2ccc(-c3cc(N)cc(N)c3)cc21. The number of aromatic nitrogens is 1. The lowest BCUT2D eigenvalue weighted by Gasteiger charge is -2.06. The molecule has 0 fully saturated rings. The number of nitrogens with zero attached hydrogens (tertiary/aromatic N) is 1. The fraction of sp³-hybridized carbons (Fsp3) is 0.118. The second-order valence-electron chi connectivity index (χ2n) is 5.46. The van der Waals surface area contributed by atoms with Gasteiger partial charge in [0.2, 0.25) is 0 Å². The molecule has 0 saturated carbocycles. The van der Waals surface area contributed by atoms with Gasteiger partial charge in [-0.2, -0.15) is 0 Å². The zero-order valence-electron chi connectivity index (χ0n) is 12.2. The topological polar surface area (TPSA) is 94.3 Å². The largest absolute Gasteiger partial charge is 0.481 e. The van der Waals surface area contributed by atoms with Crippen LogP contribution in [0.15, 0.2) is 42.6 Å². The molecule has 2 aromatic carbocycles. The summed E-state index contributed by atoms with van der Waals surface area (Å²) in [7, 11) is 1.91. The molecule has 5 heteroatoms. The zero-order valence-corrected chi connectivity index (χ0v) is 12.2. The van der Waals surface area contributed by atoms with Crippen LogP contribution in [0.2, 0.25) is 0 Å². The highest BCUT2D eigenvalue weighted by Gasteiger charge is 2.11. The summed E-state index contributed by atoms with van der Waals surface area (Å²) in [5.74, 6) is -0.833. The molecule has 112 valence electrons. The van der Waals surface area contributed by atoms with E-state index < -0.39 is 5.97 Å². The second-order valence-corrected chi connectivity index (χ2v) is 5.46. The van der Waals surface area contributed by atoms with E-state index in [-0.39, 0.29) is 6.42 Å². The van der Waals surface area contributed by atoms with Gasteiger partial charge in [-0.1, -0.05) is 12.1 Å². The average molecular weight is 295 g/mol. The molecule has 5 N–H and O–H groups in total. The number of carboxylic acids is 1. The van der Waals surface area contributed by atoms with Gasteiger partial charge in [-0.25, -0.2) is 0 Å². The normalized spacial score (nSPS) is 11.0. The van der Waals surface area contributed by atoms with Crippen molar-refractivity contribution in [3.8, 4) is 11.1 Å². The monoisotopic (exact) mass is 295 g/mol. The van der Waals surface area contributed by atoms with E-state index in [4.69, 9.17) is 16.6 Å². The Morgan fingerprint density at radius 2 is 1.77 bits per heavy atom. The van der Waals surface area contributed by atoms with Crippen molar-refractivity contribution in [2.45, 2.75) is 6.42 Å². The lowest BCUT2D eigenvalue weighted by Crippen LogP contribution is -1.98. The van der Waals surface area contributed by atoms with E-state index in [1.807, 2.05) is 48.1 Å². The summed E-state index contributed by atoms with van der Waals surface area (Å²) >= 11 is 0. The predicted molar refractivity (Wildman–Crippen MR) is 88.5 cm³/mol. The second kappa shape index (κ2) is 5.11. The third-order valence-corrected chi connectivity index (χ3v) is 3.73. The minimum atomic E-state index is -0.833. The van der Waals surface area contributed by atoms with E-state index in [1.54, 1.807) is 6.07 Å². The van der Waals surface area contributed by atoms with Crippen molar-refractivity contribution in [3.63, 3.8) is 0 Å². The summed E-state index contributed by atoms with van der Waals surface area (Å²) in [6.07, 6.45) is 1.87. The minimum absolute atomic E-state index is 0.0158. The number of carboxylic acid groups (broad SMARTS) is 1. The summed E-state index contributed by atoms with van der Waals surface area (Å²) in [6, 6.07) is 11.4. The maximum atomic E-state index is 10.9. The number of carbonyl (C=O) groups is 1. The van der Waals surface area contributed by atoms with Crippen LogP contribution in [0.25, 0.3) is 22.0 Å². The number of nitrogens with two attached hydrogens (primary N) is 2. The fourth-order valence-corrected chi connectivity index (χ4v) is 2.79. The summed E-state index contributed by atoms with van der Waals surface area (Å²) < 4.78 is 1.94. The standard InChI is InChI=1S/C17H17N3O2/c1-20-9-12(7-17(21)22)15-3-2-10(6-16(15)20)11-4-13(18)8-14(19)5-11/h2-6,8-9H,7,18-19H2,1H3,(H,21,22). The summed E-state index contributed by atoms with van der Waals surface area (Å²) in [5, 5.41) is 9.94. The van der Waals surface area contributed by atoms with Crippen molar-refractivity contribution in [3.05, 3.63) is 48.2 Å². The van der Waals surface area contributed by atoms with E-state index in [0.29, 0.717) is 11.4 Å². The van der Waals surface area contributed by atoms with Gasteiger partial charge in [0.1, 0.15) is 0 Å². The van der Waals surface area contributed by atoms with E-state index in [1.165, 1.54) is 0 Å². The Bertz CT molecular complexity index is 861. The molecule has 0 amide bonds. The Hall–Kier alpha value is -2.95. The molecule has 0 unspecified atom stereocenters. The van der Waals surface area contributed by atoms with Crippen LogP contribution >= 0.6 is 0 Å². The van der Waals surface area contributed by atoms with Crippen molar-refractivity contribution in [1.29, 1.82) is 0 Å². The molecule has 22 heavy (non-hydrogen) atoms. The Balaban J connectivity index is 2.14. The van der Waals surface area contributed by atoms with Gasteiger partial charge in [0, 0.05) is 35.5 Å². The Morgan fingerprint density at radius 1 is 1.09 bits per heavy atom. The molecule has 1 heterocycles. The third-order valence-electron chi connectivity index (χ3n) is 3.73. The van der Waals surface area contributed by atoms with Crippen molar-refractivity contribution in [2.75, 3.05) is 11.5 Å². The number of hydrogen-bond donors (Lipinski definition) is 3. The van der Waals surface area contributed by atoms with E-state index in [0.717, 1.165) is 27.6 Å². The van der Waals surface area contributed by atoms with Gasteiger partial charge in [0.05, 0.1) is 6.42 Å². The molecule has 0 saturated heterocycles.